The summed E-state index contributed by atoms with van der Waals surface area (Å²) in [5.41, 5.74) is 1.11. The lowest BCUT2D eigenvalue weighted by Gasteiger charge is -2.22. The van der Waals surface area contributed by atoms with Crippen molar-refractivity contribution in [1.29, 1.82) is 0 Å². The first-order valence-corrected chi connectivity index (χ1v) is 6.70. The summed E-state index contributed by atoms with van der Waals surface area (Å²) in [6.07, 6.45) is 3.04. The lowest BCUT2D eigenvalue weighted by molar-refractivity contribution is 0.165. The summed E-state index contributed by atoms with van der Waals surface area (Å²) in [5.74, 6) is -0.0222. The van der Waals surface area contributed by atoms with E-state index in [1.54, 1.807) is 6.07 Å². The van der Waals surface area contributed by atoms with Crippen LogP contribution in [0.5, 0.6) is 5.75 Å². The lowest BCUT2D eigenvalue weighted by atomic mass is 10.1. The van der Waals surface area contributed by atoms with Crippen LogP contribution in [0.25, 0.3) is 0 Å². The molecule has 0 bridgehead atoms. The average molecular weight is 267 g/mol. The molecule has 0 atom stereocenters. The second-order valence-electron chi connectivity index (χ2n) is 5.61. The maximum absolute atomic E-state index is 13.5. The molecule has 1 N–H and O–H groups in total. The molecule has 0 saturated heterocycles. The number of aliphatic hydroxyl groups is 1. The molecule has 2 rings (SSSR count). The van der Waals surface area contributed by atoms with Crippen LogP contribution in [0.4, 0.5) is 4.39 Å². The molecule has 0 radical (unpaired) electrons. The van der Waals surface area contributed by atoms with E-state index in [4.69, 9.17) is 4.74 Å². The van der Waals surface area contributed by atoms with Gasteiger partial charge in [0.15, 0.2) is 11.6 Å². The van der Waals surface area contributed by atoms with Crippen molar-refractivity contribution in [1.82, 2.24) is 4.90 Å². The van der Waals surface area contributed by atoms with Crippen LogP contribution in [0, 0.1) is 11.2 Å². The van der Waals surface area contributed by atoms with Gasteiger partial charge in [-0.15, -0.1) is 0 Å². The van der Waals surface area contributed by atoms with Crippen molar-refractivity contribution < 1.29 is 14.2 Å². The van der Waals surface area contributed by atoms with Crippen molar-refractivity contribution in [3.8, 4) is 5.75 Å². The second kappa shape index (κ2) is 5.88. The first-order chi connectivity index (χ1) is 9.08. The predicted molar refractivity (Wildman–Crippen MR) is 72.9 cm³/mol. The van der Waals surface area contributed by atoms with Crippen molar-refractivity contribution in [2.75, 3.05) is 33.9 Å². The Hall–Kier alpha value is -1.13. The summed E-state index contributed by atoms with van der Waals surface area (Å²) in [6.45, 7) is 2.06. The van der Waals surface area contributed by atoms with E-state index in [1.807, 2.05) is 6.07 Å². The number of hydrogen-bond acceptors (Lipinski definition) is 3. The molecule has 1 aliphatic carbocycles. The van der Waals surface area contributed by atoms with Gasteiger partial charge in [0.1, 0.15) is 0 Å². The van der Waals surface area contributed by atoms with Gasteiger partial charge in [-0.2, -0.15) is 0 Å². The van der Waals surface area contributed by atoms with Gasteiger partial charge in [-0.25, -0.2) is 4.39 Å². The van der Waals surface area contributed by atoms with E-state index in [-0.39, 0.29) is 23.6 Å². The molecule has 0 unspecified atom stereocenters. The molecule has 0 aliphatic heterocycles. The van der Waals surface area contributed by atoms with Gasteiger partial charge >= 0.3 is 0 Å². The van der Waals surface area contributed by atoms with Crippen LogP contribution in [0.3, 0.4) is 0 Å². The summed E-state index contributed by atoms with van der Waals surface area (Å²) in [4.78, 5) is 2.21. The van der Waals surface area contributed by atoms with E-state index < -0.39 is 0 Å². The van der Waals surface area contributed by atoms with Gasteiger partial charge in [0.25, 0.3) is 0 Å². The molecule has 1 aliphatic rings. The third kappa shape index (κ3) is 3.67. The minimum absolute atomic E-state index is 0.139. The molecular weight excluding hydrogens is 245 g/mol. The molecule has 0 spiro atoms. The van der Waals surface area contributed by atoms with Crippen molar-refractivity contribution in [3.05, 3.63) is 29.6 Å². The lowest BCUT2D eigenvalue weighted by Crippen LogP contribution is -2.30. The number of ether oxygens (including phenoxy) is 1. The van der Waals surface area contributed by atoms with Crippen molar-refractivity contribution in [2.45, 2.75) is 19.3 Å². The van der Waals surface area contributed by atoms with E-state index in [1.165, 1.54) is 13.2 Å². The Morgan fingerprint density at radius 3 is 2.68 bits per heavy atom. The van der Waals surface area contributed by atoms with Crippen LogP contribution in [0.2, 0.25) is 0 Å². The Morgan fingerprint density at radius 1 is 1.42 bits per heavy atom. The second-order valence-corrected chi connectivity index (χ2v) is 5.61. The fourth-order valence-electron chi connectivity index (χ4n) is 2.38. The van der Waals surface area contributed by atoms with Gasteiger partial charge in [-0.3, -0.25) is 0 Å². The molecule has 1 aromatic carbocycles. The normalized spacial score (nSPS) is 16.7. The summed E-state index contributed by atoms with van der Waals surface area (Å²) in [6, 6.07) is 5.10. The molecule has 106 valence electrons. The Balaban J connectivity index is 1.83. The number of aliphatic hydroxyl groups excluding tert-OH is 1. The zero-order chi connectivity index (χ0) is 13.9. The molecular formula is C15H22FNO2. The SMILES string of the molecule is COc1ccc(CCN(C)CC2(CO)CC2)cc1F. The van der Waals surface area contributed by atoms with Crippen LogP contribution >= 0.6 is 0 Å². The highest BCUT2D eigenvalue weighted by Gasteiger charge is 2.42. The number of rotatable bonds is 7. The van der Waals surface area contributed by atoms with E-state index >= 15 is 0 Å². The zero-order valence-corrected chi connectivity index (χ0v) is 11.7. The van der Waals surface area contributed by atoms with Gasteiger partial charge in [0, 0.05) is 25.1 Å². The quantitative estimate of drug-likeness (QED) is 0.821. The Labute approximate surface area is 114 Å². The first-order valence-electron chi connectivity index (χ1n) is 6.70. The van der Waals surface area contributed by atoms with Crippen LogP contribution in [-0.4, -0.2) is 43.9 Å². The minimum atomic E-state index is -0.309. The molecule has 0 heterocycles. The number of halogens is 1. The third-order valence-electron chi connectivity index (χ3n) is 3.90. The Bertz CT molecular complexity index is 432. The van der Waals surface area contributed by atoms with Crippen LogP contribution in [-0.2, 0) is 6.42 Å². The molecule has 0 amide bonds. The summed E-state index contributed by atoms with van der Waals surface area (Å²) < 4.78 is 18.4. The molecule has 1 saturated carbocycles. The first kappa shape index (κ1) is 14.3. The number of hydrogen-bond donors (Lipinski definition) is 1. The summed E-state index contributed by atoms with van der Waals surface area (Å²) >= 11 is 0. The monoisotopic (exact) mass is 267 g/mol. The predicted octanol–water partition coefficient (Wildman–Crippen LogP) is 2.08. The van der Waals surface area contributed by atoms with Gasteiger partial charge in [0.2, 0.25) is 0 Å². The van der Waals surface area contributed by atoms with Crippen LogP contribution < -0.4 is 4.74 Å². The van der Waals surface area contributed by atoms with E-state index in [0.717, 1.165) is 37.9 Å². The highest BCUT2D eigenvalue weighted by Crippen LogP contribution is 2.45. The largest absolute Gasteiger partial charge is 0.494 e. The zero-order valence-electron chi connectivity index (χ0n) is 11.7. The van der Waals surface area contributed by atoms with E-state index in [2.05, 4.69) is 11.9 Å². The molecule has 0 aromatic heterocycles. The van der Waals surface area contributed by atoms with Crippen molar-refractivity contribution >= 4 is 0 Å². The van der Waals surface area contributed by atoms with E-state index in [9.17, 15) is 9.50 Å². The maximum atomic E-state index is 13.5. The van der Waals surface area contributed by atoms with Crippen molar-refractivity contribution in [2.24, 2.45) is 5.41 Å². The van der Waals surface area contributed by atoms with E-state index in [0.29, 0.717) is 0 Å². The minimum Gasteiger partial charge on any atom is -0.494 e. The molecule has 1 aromatic rings. The van der Waals surface area contributed by atoms with Gasteiger partial charge in [-0.1, -0.05) is 6.07 Å². The highest BCUT2D eigenvalue weighted by atomic mass is 19.1. The Kier molecular flexibility index (Phi) is 4.42. The number of methoxy groups -OCH3 is 1. The average Bonchev–Trinajstić information content (AvgIpc) is 3.17. The maximum Gasteiger partial charge on any atom is 0.165 e. The van der Waals surface area contributed by atoms with Crippen LogP contribution in [0.15, 0.2) is 18.2 Å². The summed E-state index contributed by atoms with van der Waals surface area (Å²) in [7, 11) is 3.52. The van der Waals surface area contributed by atoms with Gasteiger partial charge < -0.3 is 14.7 Å². The fourth-order valence-corrected chi connectivity index (χ4v) is 2.38. The number of nitrogens with zero attached hydrogens (tertiary/aromatic N) is 1. The van der Waals surface area contributed by atoms with Gasteiger partial charge in [0.05, 0.1) is 7.11 Å². The third-order valence-corrected chi connectivity index (χ3v) is 3.90. The summed E-state index contributed by atoms with van der Waals surface area (Å²) in [5, 5.41) is 9.29. The number of likely N-dealkylation sites (N-methyl/N-ethyl adjacent to an activating group) is 1. The van der Waals surface area contributed by atoms with Crippen molar-refractivity contribution in [3.63, 3.8) is 0 Å². The molecule has 19 heavy (non-hydrogen) atoms. The molecule has 3 nitrogen and oxygen atoms in total. The Morgan fingerprint density at radius 2 is 2.16 bits per heavy atom. The smallest absolute Gasteiger partial charge is 0.165 e. The number of benzene rings is 1. The standard InChI is InChI=1S/C15H22FNO2/c1-17(10-15(11-18)6-7-15)8-5-12-3-4-14(19-2)13(16)9-12/h3-4,9,18H,5-8,10-11H2,1-2H3. The topological polar surface area (TPSA) is 32.7 Å². The molecule has 1 fully saturated rings. The van der Waals surface area contributed by atoms with Gasteiger partial charge in [-0.05, 0) is 44.0 Å². The van der Waals surface area contributed by atoms with Crippen LogP contribution in [0.1, 0.15) is 18.4 Å². The highest BCUT2D eigenvalue weighted by molar-refractivity contribution is 5.29. The molecule has 4 heteroatoms. The fraction of sp³-hybridized carbons (Fsp3) is 0.600.